The molecule has 1 aliphatic rings. The van der Waals surface area contributed by atoms with Crippen molar-refractivity contribution in [3.63, 3.8) is 0 Å². The number of hydrogen-bond acceptors (Lipinski definition) is 3. The number of nitrogens with two attached hydrogens (primary N) is 1. The van der Waals surface area contributed by atoms with Gasteiger partial charge in [0, 0.05) is 19.5 Å². The lowest BCUT2D eigenvalue weighted by Crippen LogP contribution is -2.47. The predicted octanol–water partition coefficient (Wildman–Crippen LogP) is 0.865. The van der Waals surface area contributed by atoms with Crippen molar-refractivity contribution in [2.24, 2.45) is 11.1 Å². The van der Waals surface area contributed by atoms with Crippen LogP contribution in [0.5, 0.6) is 0 Å². The zero-order valence-corrected chi connectivity index (χ0v) is 12.3. The molecule has 0 aromatic carbocycles. The van der Waals surface area contributed by atoms with Crippen LogP contribution in [-0.4, -0.2) is 29.9 Å². The Morgan fingerprint density at radius 2 is 1.84 bits per heavy atom. The molecule has 1 rings (SSSR count). The molecule has 1 fully saturated rings. The van der Waals surface area contributed by atoms with Gasteiger partial charge in [-0.25, -0.2) is 0 Å². The summed E-state index contributed by atoms with van der Waals surface area (Å²) in [7, 11) is 0. The lowest BCUT2D eigenvalue weighted by Gasteiger charge is -2.26. The number of amides is 2. The standard InChI is InChI=1S/C13H23N3O2S/c1-2-8-15-10(17)5-9-16-12(18)13(11(14)19)6-3-4-7-13/h2-9H2,1H3,(H2,14,19)(H,15,17)(H,16,18). The number of hydrogen-bond donors (Lipinski definition) is 3. The highest BCUT2D eigenvalue weighted by molar-refractivity contribution is 7.80. The molecule has 0 aromatic rings. The maximum atomic E-state index is 12.2. The summed E-state index contributed by atoms with van der Waals surface area (Å²) in [6, 6.07) is 0. The van der Waals surface area contributed by atoms with Gasteiger partial charge in [0.15, 0.2) is 0 Å². The summed E-state index contributed by atoms with van der Waals surface area (Å²) in [4.78, 5) is 23.9. The Kier molecular flexibility index (Phi) is 6.21. The minimum absolute atomic E-state index is 0.0436. The van der Waals surface area contributed by atoms with Crippen LogP contribution in [0.1, 0.15) is 45.4 Å². The Morgan fingerprint density at radius 3 is 2.37 bits per heavy atom. The second-order valence-electron chi connectivity index (χ2n) is 5.01. The summed E-state index contributed by atoms with van der Waals surface area (Å²) in [5.74, 6) is -0.168. The highest BCUT2D eigenvalue weighted by Gasteiger charge is 2.43. The van der Waals surface area contributed by atoms with E-state index in [1.54, 1.807) is 0 Å². The lowest BCUT2D eigenvalue weighted by atomic mass is 9.85. The van der Waals surface area contributed by atoms with Gasteiger partial charge in [0.05, 0.1) is 10.4 Å². The van der Waals surface area contributed by atoms with E-state index in [9.17, 15) is 9.59 Å². The summed E-state index contributed by atoms with van der Waals surface area (Å²) in [6.45, 7) is 3.00. The highest BCUT2D eigenvalue weighted by Crippen LogP contribution is 2.38. The van der Waals surface area contributed by atoms with Gasteiger partial charge in [-0.2, -0.15) is 0 Å². The van der Waals surface area contributed by atoms with Gasteiger partial charge in [-0.3, -0.25) is 9.59 Å². The minimum Gasteiger partial charge on any atom is -0.392 e. The third kappa shape index (κ3) is 4.16. The first-order chi connectivity index (χ1) is 9.03. The first-order valence-electron chi connectivity index (χ1n) is 6.88. The van der Waals surface area contributed by atoms with E-state index in [0.29, 0.717) is 19.5 Å². The molecule has 19 heavy (non-hydrogen) atoms. The second kappa shape index (κ2) is 7.43. The Balaban J connectivity index is 2.38. The summed E-state index contributed by atoms with van der Waals surface area (Å²) >= 11 is 5.04. The van der Waals surface area contributed by atoms with Gasteiger partial charge >= 0.3 is 0 Å². The average molecular weight is 285 g/mol. The van der Waals surface area contributed by atoms with Crippen LogP contribution in [0.3, 0.4) is 0 Å². The van der Waals surface area contributed by atoms with Gasteiger partial charge in [-0.05, 0) is 19.3 Å². The van der Waals surface area contributed by atoms with Gasteiger partial charge < -0.3 is 16.4 Å². The SMILES string of the molecule is CCCNC(=O)CCNC(=O)C1(C(N)=S)CCCC1. The number of rotatable bonds is 7. The number of carbonyl (C=O) groups is 2. The van der Waals surface area contributed by atoms with Crippen LogP contribution < -0.4 is 16.4 Å². The van der Waals surface area contributed by atoms with Crippen molar-refractivity contribution in [1.82, 2.24) is 10.6 Å². The zero-order chi connectivity index (χ0) is 14.3. The van der Waals surface area contributed by atoms with Gasteiger partial charge in [0.1, 0.15) is 0 Å². The number of thiocarbonyl (C=S) groups is 1. The summed E-state index contributed by atoms with van der Waals surface area (Å²) in [6.07, 6.45) is 4.58. The summed E-state index contributed by atoms with van der Waals surface area (Å²) in [5.41, 5.74) is 5.04. The Bertz CT molecular complexity index is 352. The molecule has 0 saturated heterocycles. The first-order valence-corrected chi connectivity index (χ1v) is 7.28. The molecule has 1 aliphatic carbocycles. The molecule has 0 spiro atoms. The number of nitrogens with one attached hydrogen (secondary N) is 2. The highest BCUT2D eigenvalue weighted by atomic mass is 32.1. The van der Waals surface area contributed by atoms with Gasteiger partial charge in [0.25, 0.3) is 0 Å². The fourth-order valence-electron chi connectivity index (χ4n) is 2.38. The maximum absolute atomic E-state index is 12.2. The molecule has 4 N–H and O–H groups in total. The van der Waals surface area contributed by atoms with Crippen LogP contribution in [0.2, 0.25) is 0 Å². The van der Waals surface area contributed by atoms with Crippen molar-refractivity contribution < 1.29 is 9.59 Å². The average Bonchev–Trinajstić information content (AvgIpc) is 2.86. The summed E-state index contributed by atoms with van der Waals surface area (Å²) in [5, 5.41) is 5.55. The van der Waals surface area contributed by atoms with Crippen LogP contribution in [-0.2, 0) is 9.59 Å². The van der Waals surface area contributed by atoms with Crippen molar-refractivity contribution >= 4 is 29.0 Å². The molecule has 0 heterocycles. The normalized spacial score (nSPS) is 16.9. The molecule has 1 saturated carbocycles. The molecule has 0 radical (unpaired) electrons. The third-order valence-electron chi connectivity index (χ3n) is 3.57. The van der Waals surface area contributed by atoms with E-state index < -0.39 is 5.41 Å². The Morgan fingerprint density at radius 1 is 1.21 bits per heavy atom. The maximum Gasteiger partial charge on any atom is 0.233 e. The molecule has 108 valence electrons. The van der Waals surface area contributed by atoms with Crippen molar-refractivity contribution in [3.05, 3.63) is 0 Å². The van der Waals surface area contributed by atoms with Crippen molar-refractivity contribution in [1.29, 1.82) is 0 Å². The van der Waals surface area contributed by atoms with Crippen LogP contribution in [0.15, 0.2) is 0 Å². The van der Waals surface area contributed by atoms with E-state index in [1.807, 2.05) is 6.92 Å². The van der Waals surface area contributed by atoms with Crippen molar-refractivity contribution in [2.75, 3.05) is 13.1 Å². The molecular weight excluding hydrogens is 262 g/mol. The molecule has 6 heteroatoms. The molecule has 0 aromatic heterocycles. The first kappa shape index (κ1) is 15.9. The quantitative estimate of drug-likeness (QED) is 0.606. The van der Waals surface area contributed by atoms with E-state index in [4.69, 9.17) is 18.0 Å². The Hall–Kier alpha value is -1.17. The van der Waals surface area contributed by atoms with Crippen molar-refractivity contribution in [3.8, 4) is 0 Å². The fourth-order valence-corrected chi connectivity index (χ4v) is 2.67. The van der Waals surface area contributed by atoms with Crippen LogP contribution in [0, 0.1) is 5.41 Å². The van der Waals surface area contributed by atoms with Gasteiger partial charge in [0.2, 0.25) is 11.8 Å². The molecule has 0 bridgehead atoms. The molecule has 0 aliphatic heterocycles. The van der Waals surface area contributed by atoms with Crippen LogP contribution in [0.25, 0.3) is 0 Å². The van der Waals surface area contributed by atoms with Gasteiger partial charge in [-0.15, -0.1) is 0 Å². The van der Waals surface area contributed by atoms with E-state index in [2.05, 4.69) is 10.6 Å². The van der Waals surface area contributed by atoms with E-state index >= 15 is 0 Å². The fraction of sp³-hybridized carbons (Fsp3) is 0.769. The van der Waals surface area contributed by atoms with Crippen LogP contribution >= 0.6 is 12.2 Å². The minimum atomic E-state index is -0.685. The number of carbonyl (C=O) groups excluding carboxylic acids is 2. The molecule has 5 nitrogen and oxygen atoms in total. The third-order valence-corrected chi connectivity index (χ3v) is 3.96. The summed E-state index contributed by atoms with van der Waals surface area (Å²) < 4.78 is 0. The Labute approximate surface area is 119 Å². The largest absolute Gasteiger partial charge is 0.392 e. The van der Waals surface area contributed by atoms with E-state index in [-0.39, 0.29) is 16.8 Å². The molecular formula is C13H23N3O2S. The van der Waals surface area contributed by atoms with E-state index in [1.165, 1.54) is 0 Å². The second-order valence-corrected chi connectivity index (χ2v) is 5.45. The smallest absolute Gasteiger partial charge is 0.233 e. The zero-order valence-electron chi connectivity index (χ0n) is 11.5. The monoisotopic (exact) mass is 285 g/mol. The molecule has 0 atom stereocenters. The van der Waals surface area contributed by atoms with E-state index in [0.717, 1.165) is 32.1 Å². The van der Waals surface area contributed by atoms with Crippen LogP contribution in [0.4, 0.5) is 0 Å². The van der Waals surface area contributed by atoms with Crippen molar-refractivity contribution in [2.45, 2.75) is 45.4 Å². The topological polar surface area (TPSA) is 84.2 Å². The van der Waals surface area contributed by atoms with Gasteiger partial charge in [-0.1, -0.05) is 32.0 Å². The molecule has 0 unspecified atom stereocenters. The predicted molar refractivity (Wildman–Crippen MR) is 78.6 cm³/mol. The lowest BCUT2D eigenvalue weighted by molar-refractivity contribution is -0.127. The molecule has 2 amide bonds.